The first kappa shape index (κ1) is 3.99. The van der Waals surface area contributed by atoms with Crippen molar-refractivity contribution in [2.45, 2.75) is 0 Å². The highest BCUT2D eigenvalue weighted by Crippen LogP contribution is 2.22. The molecule has 1 radical (unpaired) electrons. The van der Waals surface area contributed by atoms with Crippen LogP contribution in [0.2, 0.25) is 0 Å². The van der Waals surface area contributed by atoms with Crippen LogP contribution in [0.25, 0.3) is 0 Å². The number of thioether (sulfide) groups is 1. The topological polar surface area (TPSA) is 12.0 Å². The van der Waals surface area contributed by atoms with Gasteiger partial charge in [0.2, 0.25) is 0 Å². The SMILES string of the molecule is F[C]1NC=CS1. The fourth-order valence-electron chi connectivity index (χ4n) is 0.227. The zero-order chi connectivity index (χ0) is 4.41. The lowest BCUT2D eigenvalue weighted by Gasteiger charge is -1.88. The Morgan fingerprint density at radius 1 is 1.83 bits per heavy atom. The van der Waals surface area contributed by atoms with Crippen LogP contribution in [0.15, 0.2) is 11.6 Å². The van der Waals surface area contributed by atoms with E-state index < -0.39 is 0 Å². The van der Waals surface area contributed by atoms with Crippen LogP contribution in [0.3, 0.4) is 0 Å². The highest BCUT2D eigenvalue weighted by Gasteiger charge is 2.06. The minimum absolute atomic E-state index is 0.241. The first-order chi connectivity index (χ1) is 2.89. The summed E-state index contributed by atoms with van der Waals surface area (Å²) in [4.78, 5) is 0. The van der Waals surface area contributed by atoms with E-state index >= 15 is 0 Å². The van der Waals surface area contributed by atoms with Crippen molar-refractivity contribution in [1.29, 1.82) is 0 Å². The summed E-state index contributed by atoms with van der Waals surface area (Å²) >= 11 is 1.06. The van der Waals surface area contributed by atoms with Crippen LogP contribution in [-0.4, -0.2) is 0 Å². The molecule has 1 rings (SSSR count). The van der Waals surface area contributed by atoms with Crippen molar-refractivity contribution in [3.8, 4) is 0 Å². The van der Waals surface area contributed by atoms with Gasteiger partial charge >= 0.3 is 0 Å². The Hall–Kier alpha value is -0.180. The van der Waals surface area contributed by atoms with E-state index in [2.05, 4.69) is 5.32 Å². The van der Waals surface area contributed by atoms with Gasteiger partial charge in [0.1, 0.15) is 0 Å². The maximum absolute atomic E-state index is 11.6. The van der Waals surface area contributed by atoms with Gasteiger partial charge in [-0.25, -0.2) is 4.39 Å². The molecule has 0 saturated carbocycles. The predicted octanol–water partition coefficient (Wildman–Crippen LogP) is 1.21. The van der Waals surface area contributed by atoms with Gasteiger partial charge in [-0.2, -0.15) is 0 Å². The van der Waals surface area contributed by atoms with E-state index in [9.17, 15) is 4.39 Å². The summed E-state index contributed by atoms with van der Waals surface area (Å²) in [7, 11) is 0. The maximum atomic E-state index is 11.6. The lowest BCUT2D eigenvalue weighted by Crippen LogP contribution is -1.97. The molecule has 33 valence electrons. The van der Waals surface area contributed by atoms with Crippen LogP contribution >= 0.6 is 11.8 Å². The Morgan fingerprint density at radius 3 is 2.83 bits per heavy atom. The second-order valence-electron chi connectivity index (χ2n) is 0.839. The summed E-state index contributed by atoms with van der Waals surface area (Å²) in [6.07, 6.45) is 1.56. The summed E-state index contributed by atoms with van der Waals surface area (Å²) in [5.41, 5.74) is -0.241. The van der Waals surface area contributed by atoms with E-state index in [1.54, 1.807) is 11.6 Å². The summed E-state index contributed by atoms with van der Waals surface area (Å²) in [6.45, 7) is 0. The summed E-state index contributed by atoms with van der Waals surface area (Å²) < 4.78 is 11.6. The zero-order valence-electron chi connectivity index (χ0n) is 2.94. The summed E-state index contributed by atoms with van der Waals surface area (Å²) in [5.74, 6) is 0. The molecular formula is C3H3FNS. The molecule has 0 saturated heterocycles. The van der Waals surface area contributed by atoms with Gasteiger partial charge < -0.3 is 5.32 Å². The van der Waals surface area contributed by atoms with Crippen molar-refractivity contribution >= 4 is 11.8 Å². The third-order valence-corrected chi connectivity index (χ3v) is 1.03. The number of halogens is 1. The fourth-order valence-corrected chi connectivity index (χ4v) is 0.619. The largest absolute Gasteiger partial charge is 0.345 e. The molecule has 1 aliphatic rings. The average molecular weight is 104 g/mol. The van der Waals surface area contributed by atoms with Crippen LogP contribution in [0.1, 0.15) is 0 Å². The molecule has 1 nitrogen and oxygen atoms in total. The molecule has 1 heterocycles. The molecule has 0 fully saturated rings. The molecular weight excluding hydrogens is 101 g/mol. The smallest absolute Gasteiger partial charge is 0.294 e. The number of hydrogen-bond acceptors (Lipinski definition) is 2. The van der Waals surface area contributed by atoms with Gasteiger partial charge in [-0.3, -0.25) is 0 Å². The van der Waals surface area contributed by atoms with Crippen molar-refractivity contribution in [3.63, 3.8) is 0 Å². The van der Waals surface area contributed by atoms with Crippen molar-refractivity contribution in [1.82, 2.24) is 5.32 Å². The van der Waals surface area contributed by atoms with Gasteiger partial charge in [0, 0.05) is 6.20 Å². The average Bonchev–Trinajstić information content (AvgIpc) is 1.86. The van der Waals surface area contributed by atoms with Gasteiger partial charge in [0.15, 0.2) is 0 Å². The molecule has 6 heavy (non-hydrogen) atoms. The van der Waals surface area contributed by atoms with E-state index in [0.29, 0.717) is 0 Å². The molecule has 0 aromatic heterocycles. The second-order valence-corrected chi connectivity index (χ2v) is 1.70. The third-order valence-electron chi connectivity index (χ3n) is 0.436. The zero-order valence-corrected chi connectivity index (χ0v) is 3.76. The standard InChI is InChI=1S/C3H3FNS/c4-3-5-1-2-6-3/h1-2,5H. The Labute approximate surface area is 39.6 Å². The van der Waals surface area contributed by atoms with Crippen molar-refractivity contribution in [3.05, 3.63) is 17.2 Å². The Kier molecular flexibility index (Phi) is 1.01. The number of hydrogen-bond donors (Lipinski definition) is 1. The monoisotopic (exact) mass is 104 g/mol. The summed E-state index contributed by atoms with van der Waals surface area (Å²) in [6, 6.07) is 0. The number of nitrogens with one attached hydrogen (secondary N) is 1. The quantitative estimate of drug-likeness (QED) is 0.463. The molecule has 0 unspecified atom stereocenters. The molecule has 0 amide bonds. The highest BCUT2D eigenvalue weighted by atomic mass is 32.2. The van der Waals surface area contributed by atoms with Gasteiger partial charge in [0.25, 0.3) is 5.63 Å². The van der Waals surface area contributed by atoms with E-state index in [-0.39, 0.29) is 5.63 Å². The molecule has 0 atom stereocenters. The number of rotatable bonds is 0. The van der Waals surface area contributed by atoms with Crippen LogP contribution < -0.4 is 5.32 Å². The second kappa shape index (κ2) is 1.51. The van der Waals surface area contributed by atoms with Gasteiger partial charge in [-0.05, 0) is 5.41 Å². The van der Waals surface area contributed by atoms with E-state index in [4.69, 9.17) is 0 Å². The molecule has 0 aromatic rings. The predicted molar refractivity (Wildman–Crippen MR) is 24.2 cm³/mol. The molecule has 0 spiro atoms. The van der Waals surface area contributed by atoms with Gasteiger partial charge in [-0.15, -0.1) is 0 Å². The lowest BCUT2D eigenvalue weighted by atomic mass is 11.0. The summed E-state index contributed by atoms with van der Waals surface area (Å²) in [5, 5.41) is 4.00. The van der Waals surface area contributed by atoms with Crippen LogP contribution in [0.4, 0.5) is 4.39 Å². The van der Waals surface area contributed by atoms with Crippen molar-refractivity contribution in [2.75, 3.05) is 0 Å². The van der Waals surface area contributed by atoms with E-state index in [0.717, 1.165) is 11.8 Å². The van der Waals surface area contributed by atoms with Crippen molar-refractivity contribution < 1.29 is 4.39 Å². The highest BCUT2D eigenvalue weighted by molar-refractivity contribution is 8.04. The molecule has 3 heteroatoms. The molecule has 1 aliphatic heterocycles. The Balaban J connectivity index is 2.32. The third kappa shape index (κ3) is 0.653. The van der Waals surface area contributed by atoms with Crippen molar-refractivity contribution in [2.24, 2.45) is 0 Å². The van der Waals surface area contributed by atoms with E-state index in [1.165, 1.54) is 0 Å². The minimum atomic E-state index is -0.241. The van der Waals surface area contributed by atoms with E-state index in [1.807, 2.05) is 0 Å². The normalized spacial score (nSPS) is 21.5. The van der Waals surface area contributed by atoms with Gasteiger partial charge in [0.05, 0.1) is 0 Å². The van der Waals surface area contributed by atoms with Crippen LogP contribution in [-0.2, 0) is 0 Å². The molecule has 0 bridgehead atoms. The first-order valence-corrected chi connectivity index (χ1v) is 2.38. The minimum Gasteiger partial charge on any atom is -0.345 e. The first-order valence-electron chi connectivity index (χ1n) is 1.50. The Morgan fingerprint density at radius 2 is 2.67 bits per heavy atom. The maximum Gasteiger partial charge on any atom is 0.294 e. The Bertz CT molecular complexity index is 65.2. The van der Waals surface area contributed by atoms with Crippen LogP contribution in [0, 0.1) is 5.63 Å². The van der Waals surface area contributed by atoms with Crippen LogP contribution in [0.5, 0.6) is 0 Å². The fraction of sp³-hybridized carbons (Fsp3) is 0. The molecule has 0 aliphatic carbocycles. The molecule has 1 N–H and O–H groups in total. The molecule has 0 aromatic carbocycles. The van der Waals surface area contributed by atoms with Gasteiger partial charge in [-0.1, -0.05) is 11.8 Å². The lowest BCUT2D eigenvalue weighted by molar-refractivity contribution is 0.547.